The van der Waals surface area contributed by atoms with Crippen molar-refractivity contribution in [1.82, 2.24) is 9.97 Å². The summed E-state index contributed by atoms with van der Waals surface area (Å²) >= 11 is 0. The molecule has 2 aromatic rings. The average molecular weight is 178 g/mol. The van der Waals surface area contributed by atoms with Gasteiger partial charge in [0.25, 0.3) is 0 Å². The highest BCUT2D eigenvalue weighted by atomic mass is 19.1. The number of hydrogen-bond acceptors (Lipinski definition) is 1. The summed E-state index contributed by atoms with van der Waals surface area (Å²) in [4.78, 5) is 7.25. The third-order valence-electron chi connectivity index (χ3n) is 2.17. The molecule has 0 saturated carbocycles. The van der Waals surface area contributed by atoms with Crippen molar-refractivity contribution in [1.29, 1.82) is 0 Å². The van der Waals surface area contributed by atoms with Gasteiger partial charge in [-0.05, 0) is 19.4 Å². The van der Waals surface area contributed by atoms with E-state index in [1.54, 1.807) is 6.92 Å². The van der Waals surface area contributed by atoms with Gasteiger partial charge in [-0.15, -0.1) is 0 Å². The molecule has 0 saturated heterocycles. The molecule has 1 N–H and O–H groups in total. The van der Waals surface area contributed by atoms with E-state index in [4.69, 9.17) is 0 Å². The lowest BCUT2D eigenvalue weighted by molar-refractivity contribution is 0.613. The molecule has 0 aliphatic carbocycles. The van der Waals surface area contributed by atoms with Gasteiger partial charge in [-0.3, -0.25) is 0 Å². The van der Waals surface area contributed by atoms with E-state index in [0.29, 0.717) is 5.69 Å². The maximum Gasteiger partial charge on any atom is 0.146 e. The van der Waals surface area contributed by atoms with Crippen molar-refractivity contribution in [2.75, 3.05) is 0 Å². The number of rotatable bonds is 1. The van der Waals surface area contributed by atoms with E-state index in [1.165, 1.54) is 6.07 Å². The van der Waals surface area contributed by atoms with Crippen LogP contribution in [-0.2, 0) is 6.42 Å². The quantitative estimate of drug-likeness (QED) is 0.714. The van der Waals surface area contributed by atoms with Gasteiger partial charge in [-0.2, -0.15) is 0 Å². The molecule has 0 unspecified atom stereocenters. The van der Waals surface area contributed by atoms with Crippen LogP contribution in [0.2, 0.25) is 0 Å². The van der Waals surface area contributed by atoms with E-state index in [-0.39, 0.29) is 5.82 Å². The molecule has 0 bridgehead atoms. The van der Waals surface area contributed by atoms with E-state index in [0.717, 1.165) is 23.1 Å². The monoisotopic (exact) mass is 178 g/mol. The van der Waals surface area contributed by atoms with Crippen LogP contribution in [0.25, 0.3) is 11.0 Å². The van der Waals surface area contributed by atoms with E-state index in [1.807, 2.05) is 13.0 Å². The maximum absolute atomic E-state index is 13.1. The van der Waals surface area contributed by atoms with Gasteiger partial charge in [0.05, 0.1) is 16.7 Å². The summed E-state index contributed by atoms with van der Waals surface area (Å²) in [7, 11) is 0. The summed E-state index contributed by atoms with van der Waals surface area (Å²) in [5.74, 6) is -0.253. The van der Waals surface area contributed by atoms with Gasteiger partial charge in [0.15, 0.2) is 0 Å². The number of aromatic nitrogens is 2. The second-order valence-corrected chi connectivity index (χ2v) is 3.14. The van der Waals surface area contributed by atoms with Crippen LogP contribution in [0.3, 0.4) is 0 Å². The van der Waals surface area contributed by atoms with E-state index < -0.39 is 0 Å². The number of aryl methyl sites for hydroxylation is 2. The van der Waals surface area contributed by atoms with E-state index in [2.05, 4.69) is 9.97 Å². The molecule has 0 radical (unpaired) electrons. The third-order valence-corrected chi connectivity index (χ3v) is 2.17. The molecular weight excluding hydrogens is 167 g/mol. The Morgan fingerprint density at radius 3 is 2.92 bits per heavy atom. The molecule has 0 aliphatic rings. The third kappa shape index (κ3) is 1.30. The number of aromatic amines is 1. The first kappa shape index (κ1) is 8.23. The molecule has 0 aromatic carbocycles. The first-order valence-corrected chi connectivity index (χ1v) is 4.35. The van der Waals surface area contributed by atoms with Gasteiger partial charge >= 0.3 is 0 Å². The van der Waals surface area contributed by atoms with Crippen LogP contribution < -0.4 is 0 Å². The fraction of sp³-hybridized carbons (Fsp3) is 0.300. The Bertz CT molecular complexity index is 406. The van der Waals surface area contributed by atoms with E-state index in [9.17, 15) is 4.39 Å². The van der Waals surface area contributed by atoms with Gasteiger partial charge < -0.3 is 4.98 Å². The smallest absolute Gasteiger partial charge is 0.146 e. The molecule has 0 fully saturated rings. The number of fused-ring (bicyclic) bond motifs is 1. The number of nitrogens with one attached hydrogen (secondary N) is 1. The van der Waals surface area contributed by atoms with Crippen LogP contribution in [0.4, 0.5) is 4.39 Å². The molecule has 0 atom stereocenters. The zero-order valence-electron chi connectivity index (χ0n) is 7.69. The molecule has 0 spiro atoms. The van der Waals surface area contributed by atoms with Crippen molar-refractivity contribution in [2.45, 2.75) is 20.3 Å². The Hall–Kier alpha value is -1.38. The van der Waals surface area contributed by atoms with Gasteiger partial charge in [0, 0.05) is 11.8 Å². The largest absolute Gasteiger partial charge is 0.357 e. The molecule has 0 aliphatic heterocycles. The van der Waals surface area contributed by atoms with Gasteiger partial charge in [0.2, 0.25) is 0 Å². The highest BCUT2D eigenvalue weighted by molar-refractivity contribution is 5.76. The Morgan fingerprint density at radius 2 is 2.23 bits per heavy atom. The first-order chi connectivity index (χ1) is 6.20. The molecule has 3 heteroatoms. The average Bonchev–Trinajstić information content (AvgIpc) is 2.48. The zero-order chi connectivity index (χ0) is 9.42. The molecule has 2 rings (SSSR count). The summed E-state index contributed by atoms with van der Waals surface area (Å²) in [5, 5.41) is 0. The number of nitrogens with zero attached hydrogens (tertiary/aromatic N) is 1. The number of H-pyrrole nitrogens is 1. The Kier molecular flexibility index (Phi) is 1.79. The Morgan fingerprint density at radius 1 is 1.46 bits per heavy atom. The van der Waals surface area contributed by atoms with Gasteiger partial charge in [0.1, 0.15) is 5.82 Å². The topological polar surface area (TPSA) is 28.7 Å². The lowest BCUT2D eigenvalue weighted by Gasteiger charge is -1.94. The Labute approximate surface area is 75.8 Å². The second kappa shape index (κ2) is 2.83. The van der Waals surface area contributed by atoms with E-state index >= 15 is 0 Å². The minimum absolute atomic E-state index is 0.253. The molecule has 0 amide bonds. The molecular formula is C10H11FN2. The lowest BCUT2D eigenvalue weighted by Crippen LogP contribution is -1.86. The summed E-state index contributed by atoms with van der Waals surface area (Å²) in [5.41, 5.74) is 3.16. The number of halogens is 1. The Balaban J connectivity index is 2.70. The van der Waals surface area contributed by atoms with Crippen LogP contribution in [0, 0.1) is 12.7 Å². The van der Waals surface area contributed by atoms with Crippen molar-refractivity contribution in [2.24, 2.45) is 0 Å². The number of pyridine rings is 1. The highest BCUT2D eigenvalue weighted by Crippen LogP contribution is 2.16. The van der Waals surface area contributed by atoms with Crippen LogP contribution in [0.1, 0.15) is 18.3 Å². The lowest BCUT2D eigenvalue weighted by atomic mass is 10.3. The summed E-state index contributed by atoms with van der Waals surface area (Å²) < 4.78 is 13.1. The van der Waals surface area contributed by atoms with Crippen molar-refractivity contribution < 1.29 is 4.39 Å². The van der Waals surface area contributed by atoms with Crippen molar-refractivity contribution >= 4 is 11.0 Å². The molecule has 68 valence electrons. The van der Waals surface area contributed by atoms with Gasteiger partial charge in [-0.1, -0.05) is 6.92 Å². The SMILES string of the molecule is CCc1cc2nc(C)c(F)cc2[nH]1. The van der Waals surface area contributed by atoms with Crippen LogP contribution in [-0.4, -0.2) is 9.97 Å². The first-order valence-electron chi connectivity index (χ1n) is 4.35. The molecule has 2 aromatic heterocycles. The van der Waals surface area contributed by atoms with Crippen LogP contribution in [0.5, 0.6) is 0 Å². The molecule has 13 heavy (non-hydrogen) atoms. The maximum atomic E-state index is 13.1. The zero-order valence-corrected chi connectivity index (χ0v) is 7.69. The summed E-state index contributed by atoms with van der Waals surface area (Å²) in [6.45, 7) is 3.72. The molecule has 2 heterocycles. The summed E-state index contributed by atoms with van der Waals surface area (Å²) in [6, 6.07) is 3.46. The predicted molar refractivity (Wildman–Crippen MR) is 50.2 cm³/mol. The fourth-order valence-corrected chi connectivity index (χ4v) is 1.37. The van der Waals surface area contributed by atoms with Crippen molar-refractivity contribution in [3.05, 3.63) is 29.3 Å². The summed E-state index contributed by atoms with van der Waals surface area (Å²) in [6.07, 6.45) is 0.914. The highest BCUT2D eigenvalue weighted by Gasteiger charge is 2.04. The van der Waals surface area contributed by atoms with Crippen molar-refractivity contribution in [3.8, 4) is 0 Å². The minimum Gasteiger partial charge on any atom is -0.357 e. The minimum atomic E-state index is -0.253. The van der Waals surface area contributed by atoms with Crippen molar-refractivity contribution in [3.63, 3.8) is 0 Å². The van der Waals surface area contributed by atoms with Crippen LogP contribution >= 0.6 is 0 Å². The van der Waals surface area contributed by atoms with Gasteiger partial charge in [-0.25, -0.2) is 9.37 Å². The van der Waals surface area contributed by atoms with Crippen LogP contribution in [0.15, 0.2) is 12.1 Å². The normalized spacial score (nSPS) is 11.0. The predicted octanol–water partition coefficient (Wildman–Crippen LogP) is 2.57. The second-order valence-electron chi connectivity index (χ2n) is 3.14. The number of hydrogen-bond donors (Lipinski definition) is 1. The standard InChI is InChI=1S/C10H11FN2/c1-3-7-4-9-10(13-7)5-8(11)6(2)12-9/h4-5,13H,3H2,1-2H3. The fourth-order valence-electron chi connectivity index (χ4n) is 1.37. The molecule has 2 nitrogen and oxygen atoms in total.